The highest BCUT2D eigenvalue weighted by Crippen LogP contribution is 2.40. The third kappa shape index (κ3) is 2.84. The minimum Gasteiger partial charge on any atom is -0.330 e. The van der Waals surface area contributed by atoms with Crippen molar-refractivity contribution in [2.45, 2.75) is 43.4 Å². The first-order chi connectivity index (χ1) is 10.2. The van der Waals surface area contributed by atoms with E-state index in [1.54, 1.807) is 0 Å². The zero-order chi connectivity index (χ0) is 14.9. The quantitative estimate of drug-likeness (QED) is 0.908. The maximum Gasteiger partial charge on any atom is 0.126 e. The molecule has 21 heavy (non-hydrogen) atoms. The number of hydrogen-bond acceptors (Lipinski definition) is 3. The molecule has 1 fully saturated rings. The Labute approximate surface area is 131 Å². The summed E-state index contributed by atoms with van der Waals surface area (Å²) in [6, 6.07) is 8.64. The van der Waals surface area contributed by atoms with Crippen LogP contribution in [-0.4, -0.2) is 27.1 Å². The highest BCUT2D eigenvalue weighted by atomic mass is 32.2. The van der Waals surface area contributed by atoms with E-state index >= 15 is 0 Å². The van der Waals surface area contributed by atoms with E-state index in [9.17, 15) is 0 Å². The molecule has 1 N–H and O–H groups in total. The summed E-state index contributed by atoms with van der Waals surface area (Å²) in [6.45, 7) is 3.31. The van der Waals surface area contributed by atoms with Crippen molar-refractivity contribution >= 4 is 22.8 Å². The third-order valence-electron chi connectivity index (χ3n) is 4.89. The highest BCUT2D eigenvalue weighted by Gasteiger charge is 2.33. The minimum atomic E-state index is 0.284. The lowest BCUT2D eigenvalue weighted by Gasteiger charge is -2.28. The first-order valence-electron chi connectivity index (χ1n) is 7.85. The fourth-order valence-electron chi connectivity index (χ4n) is 3.45. The molecule has 1 heterocycles. The lowest BCUT2D eigenvalue weighted by Crippen LogP contribution is -2.37. The lowest BCUT2D eigenvalue weighted by atomic mass is 10.1. The van der Waals surface area contributed by atoms with Crippen molar-refractivity contribution in [3.63, 3.8) is 0 Å². The van der Waals surface area contributed by atoms with Crippen LogP contribution >= 0.6 is 11.8 Å². The second kappa shape index (κ2) is 6.01. The third-order valence-corrected chi connectivity index (χ3v) is 6.31. The molecule has 3 rings (SSSR count). The molecule has 4 heteroatoms. The van der Waals surface area contributed by atoms with Crippen molar-refractivity contribution in [2.24, 2.45) is 7.05 Å². The highest BCUT2D eigenvalue weighted by molar-refractivity contribution is 8.00. The van der Waals surface area contributed by atoms with Crippen LogP contribution < -0.4 is 5.32 Å². The Kier molecular flexibility index (Phi) is 4.27. The van der Waals surface area contributed by atoms with Gasteiger partial charge in [0.15, 0.2) is 0 Å². The van der Waals surface area contributed by atoms with Crippen LogP contribution in [0.3, 0.4) is 0 Å². The summed E-state index contributed by atoms with van der Waals surface area (Å²) in [4.78, 5) is 4.80. The number of para-hydroxylation sites is 2. The lowest BCUT2D eigenvalue weighted by molar-refractivity contribution is 0.468. The number of nitrogens with one attached hydrogen (secondary N) is 1. The van der Waals surface area contributed by atoms with Crippen molar-refractivity contribution < 1.29 is 0 Å². The molecule has 0 radical (unpaired) electrons. The van der Waals surface area contributed by atoms with Gasteiger partial charge in [0.05, 0.1) is 17.1 Å². The maximum absolute atomic E-state index is 4.80. The number of hydrogen-bond donors (Lipinski definition) is 1. The predicted octanol–water partition coefficient (Wildman–Crippen LogP) is 3.90. The Morgan fingerprint density at radius 3 is 2.71 bits per heavy atom. The zero-order valence-corrected chi connectivity index (χ0v) is 14.0. The van der Waals surface area contributed by atoms with E-state index in [-0.39, 0.29) is 6.04 Å². The molecule has 1 unspecified atom stereocenters. The Balaban J connectivity index is 1.75. The second-order valence-electron chi connectivity index (χ2n) is 6.21. The number of thioether (sulfide) groups is 1. The molecular formula is C17H25N3S. The Morgan fingerprint density at radius 1 is 1.33 bits per heavy atom. The molecule has 114 valence electrons. The maximum atomic E-state index is 4.80. The Hall–Kier alpha value is -1.00. The number of aromatic nitrogens is 2. The molecule has 2 aromatic rings. The molecule has 1 aromatic carbocycles. The van der Waals surface area contributed by atoms with Gasteiger partial charge in [-0.25, -0.2) is 4.98 Å². The fourth-order valence-corrected chi connectivity index (χ4v) is 4.38. The molecule has 0 amide bonds. The fraction of sp³-hybridized carbons (Fsp3) is 0.588. The van der Waals surface area contributed by atoms with E-state index in [2.05, 4.69) is 54.4 Å². The van der Waals surface area contributed by atoms with Crippen LogP contribution in [0.15, 0.2) is 24.3 Å². The average molecular weight is 303 g/mol. The van der Waals surface area contributed by atoms with Crippen molar-refractivity contribution in [3.05, 3.63) is 30.1 Å². The minimum absolute atomic E-state index is 0.284. The largest absolute Gasteiger partial charge is 0.330 e. The van der Waals surface area contributed by atoms with E-state index in [1.165, 1.54) is 31.2 Å². The SMILES string of the molecule is CSC1(CNC(C)c2nc3ccccc3n2C)CCCC1. The molecule has 1 atom stereocenters. The second-order valence-corrected chi connectivity index (χ2v) is 7.49. The topological polar surface area (TPSA) is 29.9 Å². The van der Waals surface area contributed by atoms with Gasteiger partial charge in [-0.15, -0.1) is 0 Å². The van der Waals surface area contributed by atoms with Crippen LogP contribution in [-0.2, 0) is 7.05 Å². The number of aryl methyl sites for hydroxylation is 1. The van der Waals surface area contributed by atoms with Crippen LogP contribution in [0, 0.1) is 0 Å². The van der Waals surface area contributed by atoms with E-state index in [4.69, 9.17) is 4.98 Å². The molecule has 1 saturated carbocycles. The van der Waals surface area contributed by atoms with Crippen LogP contribution in [0.4, 0.5) is 0 Å². The summed E-state index contributed by atoms with van der Waals surface area (Å²) in [5.74, 6) is 1.13. The van der Waals surface area contributed by atoms with Gasteiger partial charge in [0.25, 0.3) is 0 Å². The van der Waals surface area contributed by atoms with E-state index < -0.39 is 0 Å². The molecule has 1 aliphatic rings. The van der Waals surface area contributed by atoms with Gasteiger partial charge < -0.3 is 9.88 Å². The molecule has 3 nitrogen and oxygen atoms in total. The number of nitrogens with zero attached hydrogens (tertiary/aromatic N) is 2. The van der Waals surface area contributed by atoms with Crippen LogP contribution in [0.1, 0.15) is 44.5 Å². The molecule has 1 aromatic heterocycles. The standard InChI is InChI=1S/C17H25N3S/c1-13(18-12-17(21-3)10-6-7-11-17)16-19-14-8-4-5-9-15(14)20(16)2/h4-5,8-9,13,18H,6-7,10-12H2,1-3H3. The van der Waals surface area contributed by atoms with Crippen LogP contribution in [0.25, 0.3) is 11.0 Å². The monoisotopic (exact) mass is 303 g/mol. The van der Waals surface area contributed by atoms with Gasteiger partial charge >= 0.3 is 0 Å². The Morgan fingerprint density at radius 2 is 2.05 bits per heavy atom. The summed E-state index contributed by atoms with van der Waals surface area (Å²) in [5, 5.41) is 3.73. The van der Waals surface area contributed by atoms with E-state index in [0.29, 0.717) is 4.75 Å². The zero-order valence-electron chi connectivity index (χ0n) is 13.2. The van der Waals surface area contributed by atoms with Gasteiger partial charge in [-0.1, -0.05) is 25.0 Å². The summed E-state index contributed by atoms with van der Waals surface area (Å²) >= 11 is 2.04. The average Bonchev–Trinajstić information content (AvgIpc) is 3.11. The van der Waals surface area contributed by atoms with Crippen molar-refractivity contribution in [3.8, 4) is 0 Å². The molecule has 0 aliphatic heterocycles. The molecular weight excluding hydrogens is 278 g/mol. The van der Waals surface area contributed by atoms with Crippen LogP contribution in [0.2, 0.25) is 0 Å². The van der Waals surface area contributed by atoms with E-state index in [1.807, 2.05) is 11.8 Å². The predicted molar refractivity (Wildman–Crippen MR) is 91.8 cm³/mol. The van der Waals surface area contributed by atoms with Gasteiger partial charge in [-0.3, -0.25) is 0 Å². The summed E-state index contributed by atoms with van der Waals surface area (Å²) in [6.07, 6.45) is 7.70. The normalized spacial score (nSPS) is 19.2. The number of rotatable bonds is 5. The molecule has 0 saturated heterocycles. The Bertz CT molecular complexity index is 614. The van der Waals surface area contributed by atoms with Gasteiger partial charge in [0.2, 0.25) is 0 Å². The molecule has 1 aliphatic carbocycles. The first kappa shape index (κ1) is 14.9. The summed E-state index contributed by atoms with van der Waals surface area (Å²) < 4.78 is 2.66. The van der Waals surface area contributed by atoms with Gasteiger partial charge in [0.1, 0.15) is 5.82 Å². The summed E-state index contributed by atoms with van der Waals surface area (Å²) in [7, 11) is 2.11. The van der Waals surface area contributed by atoms with Crippen molar-refractivity contribution in [2.75, 3.05) is 12.8 Å². The van der Waals surface area contributed by atoms with Crippen LogP contribution in [0.5, 0.6) is 0 Å². The smallest absolute Gasteiger partial charge is 0.126 e. The number of benzene rings is 1. The van der Waals surface area contributed by atoms with Gasteiger partial charge in [0, 0.05) is 18.3 Å². The first-order valence-corrected chi connectivity index (χ1v) is 9.08. The summed E-state index contributed by atoms with van der Waals surface area (Å²) in [5.41, 5.74) is 2.30. The molecule has 0 spiro atoms. The number of imidazole rings is 1. The van der Waals surface area contributed by atoms with E-state index in [0.717, 1.165) is 17.9 Å². The van der Waals surface area contributed by atoms with Crippen molar-refractivity contribution in [1.29, 1.82) is 0 Å². The number of fused-ring (bicyclic) bond motifs is 1. The van der Waals surface area contributed by atoms with Gasteiger partial charge in [-0.05, 0) is 38.2 Å². The van der Waals surface area contributed by atoms with Gasteiger partial charge in [-0.2, -0.15) is 11.8 Å². The molecule has 0 bridgehead atoms. The van der Waals surface area contributed by atoms with Crippen molar-refractivity contribution in [1.82, 2.24) is 14.9 Å².